The maximum atomic E-state index is 12.6. The van der Waals surface area contributed by atoms with E-state index >= 15 is 0 Å². The van der Waals surface area contributed by atoms with E-state index in [9.17, 15) is 9.59 Å². The molecule has 0 atom stereocenters. The van der Waals surface area contributed by atoms with Gasteiger partial charge in [-0.25, -0.2) is 4.98 Å². The number of hydrogen-bond acceptors (Lipinski definition) is 6. The number of nitrogens with zero attached hydrogens (tertiary/aromatic N) is 1. The number of carbonyl (C=O) groups is 2. The Balaban J connectivity index is 1.76. The fourth-order valence-corrected chi connectivity index (χ4v) is 2.50. The molecule has 0 fully saturated rings. The highest BCUT2D eigenvalue weighted by atomic mass is 16.5. The molecule has 1 aromatic heterocycles. The van der Waals surface area contributed by atoms with Crippen molar-refractivity contribution in [1.82, 2.24) is 4.98 Å². The van der Waals surface area contributed by atoms with Gasteiger partial charge < -0.3 is 24.9 Å². The molecule has 8 heteroatoms. The summed E-state index contributed by atoms with van der Waals surface area (Å²) in [5.74, 6) is 0.175. The lowest BCUT2D eigenvalue weighted by Gasteiger charge is -2.11. The first kappa shape index (κ1) is 19.0. The van der Waals surface area contributed by atoms with Crippen LogP contribution in [0.25, 0.3) is 11.5 Å². The molecule has 2 amide bonds. The van der Waals surface area contributed by atoms with Gasteiger partial charge in [-0.2, -0.15) is 0 Å². The Morgan fingerprint density at radius 2 is 2.00 bits per heavy atom. The zero-order chi connectivity index (χ0) is 20.1. The highest BCUT2D eigenvalue weighted by Gasteiger charge is 2.13. The summed E-state index contributed by atoms with van der Waals surface area (Å²) in [6.45, 7) is 1.55. The number of carbonyl (C=O) groups excluding carboxylic acids is 2. The molecule has 0 aliphatic heterocycles. The van der Waals surface area contributed by atoms with E-state index < -0.39 is 5.91 Å². The number of nitrogens with two attached hydrogens (primary N) is 1. The molecule has 0 radical (unpaired) electrons. The van der Waals surface area contributed by atoms with Gasteiger partial charge in [0.25, 0.3) is 11.8 Å². The molecule has 3 N–H and O–H groups in total. The van der Waals surface area contributed by atoms with Crippen LogP contribution >= 0.6 is 0 Å². The van der Waals surface area contributed by atoms with Crippen molar-refractivity contribution in [2.24, 2.45) is 5.73 Å². The number of nitrogens with one attached hydrogen (secondary N) is 1. The van der Waals surface area contributed by atoms with Gasteiger partial charge in [0.2, 0.25) is 5.89 Å². The first-order valence-electron chi connectivity index (χ1n) is 8.39. The Morgan fingerprint density at radius 3 is 2.68 bits per heavy atom. The molecular formula is C20H19N3O5. The topological polar surface area (TPSA) is 117 Å². The van der Waals surface area contributed by atoms with E-state index in [1.807, 2.05) is 13.0 Å². The van der Waals surface area contributed by atoms with E-state index in [2.05, 4.69) is 10.3 Å². The van der Waals surface area contributed by atoms with Crippen LogP contribution < -0.4 is 20.5 Å². The summed E-state index contributed by atoms with van der Waals surface area (Å²) in [5, 5.41) is 2.82. The van der Waals surface area contributed by atoms with E-state index in [0.29, 0.717) is 28.6 Å². The first-order valence-corrected chi connectivity index (χ1v) is 8.39. The molecule has 144 valence electrons. The zero-order valence-corrected chi connectivity index (χ0v) is 15.4. The van der Waals surface area contributed by atoms with E-state index in [1.54, 1.807) is 36.6 Å². The summed E-state index contributed by atoms with van der Waals surface area (Å²) >= 11 is 0. The predicted molar refractivity (Wildman–Crippen MR) is 102 cm³/mol. The van der Waals surface area contributed by atoms with E-state index in [0.717, 1.165) is 11.3 Å². The average molecular weight is 381 g/mol. The van der Waals surface area contributed by atoms with Crippen molar-refractivity contribution in [2.75, 3.05) is 19.0 Å². The normalized spacial score (nSPS) is 10.4. The van der Waals surface area contributed by atoms with E-state index in [1.165, 1.54) is 13.2 Å². The smallest absolute Gasteiger partial charge is 0.255 e. The van der Waals surface area contributed by atoms with Gasteiger partial charge in [0, 0.05) is 16.8 Å². The summed E-state index contributed by atoms with van der Waals surface area (Å²) < 4.78 is 15.9. The molecule has 0 spiro atoms. The predicted octanol–water partition coefficient (Wildman–Crippen LogP) is 2.78. The second-order valence-corrected chi connectivity index (χ2v) is 5.95. The molecule has 2 aromatic carbocycles. The number of methoxy groups -OCH3 is 1. The van der Waals surface area contributed by atoms with Gasteiger partial charge in [0.15, 0.2) is 18.1 Å². The van der Waals surface area contributed by atoms with Crippen LogP contribution in [0.1, 0.15) is 16.1 Å². The average Bonchev–Trinajstić information content (AvgIpc) is 3.12. The molecule has 28 heavy (non-hydrogen) atoms. The van der Waals surface area contributed by atoms with Crippen LogP contribution in [0, 0.1) is 6.92 Å². The SMILES string of the molecule is COc1cc(C(=O)Nc2cccc(-c3nc(C)co3)c2)ccc1OCC(N)=O. The van der Waals surface area contributed by atoms with Crippen molar-refractivity contribution in [3.63, 3.8) is 0 Å². The van der Waals surface area contributed by atoms with E-state index in [4.69, 9.17) is 19.6 Å². The lowest BCUT2D eigenvalue weighted by molar-refractivity contribution is -0.119. The number of primary amides is 1. The number of amides is 2. The Bertz CT molecular complexity index is 1010. The fraction of sp³-hybridized carbons (Fsp3) is 0.150. The molecule has 0 saturated carbocycles. The highest BCUT2D eigenvalue weighted by Crippen LogP contribution is 2.29. The molecule has 0 unspecified atom stereocenters. The number of aryl methyl sites for hydroxylation is 1. The summed E-state index contributed by atoms with van der Waals surface area (Å²) in [6, 6.07) is 11.8. The third kappa shape index (κ3) is 4.47. The molecule has 8 nitrogen and oxygen atoms in total. The molecule has 0 aliphatic rings. The van der Waals surface area contributed by atoms with Gasteiger partial charge in [-0.05, 0) is 43.3 Å². The highest BCUT2D eigenvalue weighted by molar-refractivity contribution is 6.04. The zero-order valence-electron chi connectivity index (χ0n) is 15.4. The fourth-order valence-electron chi connectivity index (χ4n) is 2.50. The molecule has 0 bridgehead atoms. The minimum absolute atomic E-state index is 0.283. The Morgan fingerprint density at radius 1 is 1.18 bits per heavy atom. The molecule has 1 heterocycles. The van der Waals surface area contributed by atoms with Crippen LogP contribution in [0.5, 0.6) is 11.5 Å². The molecule has 0 saturated heterocycles. The lowest BCUT2D eigenvalue weighted by atomic mass is 10.1. The van der Waals surface area contributed by atoms with Gasteiger partial charge in [-0.1, -0.05) is 6.07 Å². The lowest BCUT2D eigenvalue weighted by Crippen LogP contribution is -2.20. The number of rotatable bonds is 7. The minimum Gasteiger partial charge on any atom is -0.493 e. The van der Waals surface area contributed by atoms with Crippen molar-refractivity contribution in [3.8, 4) is 23.0 Å². The van der Waals surface area contributed by atoms with Gasteiger partial charge >= 0.3 is 0 Å². The first-order chi connectivity index (χ1) is 13.5. The van der Waals surface area contributed by atoms with Crippen molar-refractivity contribution in [1.29, 1.82) is 0 Å². The number of ether oxygens (including phenoxy) is 2. The second-order valence-electron chi connectivity index (χ2n) is 5.95. The summed E-state index contributed by atoms with van der Waals surface area (Å²) in [4.78, 5) is 27.7. The second kappa shape index (κ2) is 8.26. The van der Waals surface area contributed by atoms with Crippen molar-refractivity contribution >= 4 is 17.5 Å². The Labute approximate surface area is 161 Å². The van der Waals surface area contributed by atoms with Crippen LogP contribution in [0.2, 0.25) is 0 Å². The maximum absolute atomic E-state index is 12.6. The minimum atomic E-state index is -0.606. The summed E-state index contributed by atoms with van der Waals surface area (Å²) in [6.07, 6.45) is 1.56. The van der Waals surface area contributed by atoms with Gasteiger partial charge in [-0.15, -0.1) is 0 Å². The Hall–Kier alpha value is -3.81. The van der Waals surface area contributed by atoms with Crippen LogP contribution in [-0.2, 0) is 4.79 Å². The summed E-state index contributed by atoms with van der Waals surface area (Å²) in [5.41, 5.74) is 7.54. The third-order valence-electron chi connectivity index (χ3n) is 3.78. The monoisotopic (exact) mass is 381 g/mol. The standard InChI is InChI=1S/C20H19N3O5/c1-12-10-28-20(22-12)14-4-3-5-15(8-14)23-19(25)13-6-7-16(17(9-13)26-2)27-11-18(21)24/h3-10H,11H2,1-2H3,(H2,21,24)(H,23,25). The van der Waals surface area contributed by atoms with Gasteiger partial charge in [0.05, 0.1) is 12.8 Å². The van der Waals surface area contributed by atoms with Crippen LogP contribution in [0.3, 0.4) is 0 Å². The quantitative estimate of drug-likeness (QED) is 0.650. The number of aromatic nitrogens is 1. The Kier molecular flexibility index (Phi) is 5.59. The van der Waals surface area contributed by atoms with E-state index in [-0.39, 0.29) is 12.5 Å². The molecular weight excluding hydrogens is 362 g/mol. The van der Waals surface area contributed by atoms with Crippen molar-refractivity contribution in [2.45, 2.75) is 6.92 Å². The number of benzene rings is 2. The van der Waals surface area contributed by atoms with Crippen LogP contribution in [-0.4, -0.2) is 30.5 Å². The van der Waals surface area contributed by atoms with Crippen molar-refractivity contribution < 1.29 is 23.5 Å². The number of hydrogen-bond donors (Lipinski definition) is 2. The number of oxazole rings is 1. The van der Waals surface area contributed by atoms with Gasteiger partial charge in [-0.3, -0.25) is 9.59 Å². The number of anilines is 1. The van der Waals surface area contributed by atoms with Gasteiger partial charge in [0.1, 0.15) is 6.26 Å². The molecule has 3 rings (SSSR count). The maximum Gasteiger partial charge on any atom is 0.255 e. The van der Waals surface area contributed by atoms with Crippen LogP contribution in [0.15, 0.2) is 53.1 Å². The van der Waals surface area contributed by atoms with Crippen molar-refractivity contribution in [3.05, 3.63) is 60.0 Å². The molecule has 3 aromatic rings. The third-order valence-corrected chi connectivity index (χ3v) is 3.78. The van der Waals surface area contributed by atoms with Crippen LogP contribution in [0.4, 0.5) is 5.69 Å². The molecule has 0 aliphatic carbocycles. The summed E-state index contributed by atoms with van der Waals surface area (Å²) in [7, 11) is 1.44. The largest absolute Gasteiger partial charge is 0.493 e.